The van der Waals surface area contributed by atoms with Gasteiger partial charge in [-0.3, -0.25) is 19.9 Å². The van der Waals surface area contributed by atoms with Crippen LogP contribution in [0, 0.1) is 0 Å². The summed E-state index contributed by atoms with van der Waals surface area (Å²) in [5.41, 5.74) is 1.48. The van der Waals surface area contributed by atoms with Crippen LogP contribution in [0.2, 0.25) is 0 Å². The molecule has 0 bridgehead atoms. The number of hydrazine groups is 1. The van der Waals surface area contributed by atoms with Crippen molar-refractivity contribution in [1.82, 2.24) is 20.7 Å². The third-order valence-corrected chi connectivity index (χ3v) is 5.88. The van der Waals surface area contributed by atoms with Gasteiger partial charge in [-0.25, -0.2) is 4.79 Å². The Hall–Kier alpha value is -1.97. The van der Waals surface area contributed by atoms with Crippen molar-refractivity contribution in [2.75, 3.05) is 19.7 Å². The van der Waals surface area contributed by atoms with E-state index in [9.17, 15) is 14.4 Å². The highest BCUT2D eigenvalue weighted by molar-refractivity contribution is 7.09. The first kappa shape index (κ1) is 19.8. The van der Waals surface area contributed by atoms with Crippen molar-refractivity contribution >= 4 is 29.2 Å². The second-order valence-corrected chi connectivity index (χ2v) is 8.21. The monoisotopic (exact) mass is 394 g/mol. The van der Waals surface area contributed by atoms with E-state index in [2.05, 4.69) is 10.7 Å². The Morgan fingerprint density at radius 1 is 1.52 bits per heavy atom. The predicted octanol–water partition coefficient (Wildman–Crippen LogP) is 1.48. The highest BCUT2D eigenvalue weighted by Gasteiger charge is 2.47. The molecule has 8 nitrogen and oxygen atoms in total. The number of imide groups is 1. The van der Waals surface area contributed by atoms with Crippen LogP contribution in [0.4, 0.5) is 4.79 Å². The van der Waals surface area contributed by atoms with Crippen molar-refractivity contribution in [3.8, 4) is 0 Å². The predicted molar refractivity (Wildman–Crippen MR) is 101 cm³/mol. The van der Waals surface area contributed by atoms with E-state index in [-0.39, 0.29) is 12.6 Å². The third kappa shape index (κ3) is 4.66. The summed E-state index contributed by atoms with van der Waals surface area (Å²) < 4.78 is 5.69. The van der Waals surface area contributed by atoms with Crippen molar-refractivity contribution in [2.24, 2.45) is 0 Å². The minimum absolute atomic E-state index is 0.0810. The summed E-state index contributed by atoms with van der Waals surface area (Å²) in [5, 5.41) is 5.42. The molecule has 0 unspecified atom stereocenters. The minimum atomic E-state index is -0.974. The molecule has 3 rings (SSSR count). The van der Waals surface area contributed by atoms with Gasteiger partial charge in [-0.2, -0.15) is 5.01 Å². The maximum absolute atomic E-state index is 12.5. The summed E-state index contributed by atoms with van der Waals surface area (Å²) >= 11 is 1.63. The molecule has 1 aromatic rings. The van der Waals surface area contributed by atoms with Crippen molar-refractivity contribution in [1.29, 1.82) is 0 Å². The Morgan fingerprint density at radius 2 is 2.33 bits per heavy atom. The van der Waals surface area contributed by atoms with Crippen molar-refractivity contribution < 1.29 is 19.1 Å². The number of hydrogen-bond donors (Lipinski definition) is 2. The van der Waals surface area contributed by atoms with Gasteiger partial charge in [0.15, 0.2) is 0 Å². The van der Waals surface area contributed by atoms with E-state index in [0.29, 0.717) is 19.5 Å². The maximum atomic E-state index is 12.5. The Morgan fingerprint density at radius 3 is 2.93 bits per heavy atom. The zero-order valence-corrected chi connectivity index (χ0v) is 16.5. The Labute approximate surface area is 162 Å². The van der Waals surface area contributed by atoms with Gasteiger partial charge in [-0.1, -0.05) is 13.0 Å². The molecule has 0 spiro atoms. The lowest BCUT2D eigenvalue weighted by molar-refractivity contribution is -0.139. The summed E-state index contributed by atoms with van der Waals surface area (Å²) in [7, 11) is 0. The van der Waals surface area contributed by atoms with Crippen LogP contribution in [0.1, 0.15) is 38.0 Å². The van der Waals surface area contributed by atoms with Crippen LogP contribution >= 0.6 is 11.3 Å². The van der Waals surface area contributed by atoms with Crippen LogP contribution in [0.25, 0.3) is 0 Å². The number of thiophene rings is 1. The van der Waals surface area contributed by atoms with E-state index in [1.807, 2.05) is 29.3 Å². The molecule has 2 N–H and O–H groups in total. The van der Waals surface area contributed by atoms with E-state index < -0.39 is 23.4 Å². The summed E-state index contributed by atoms with van der Waals surface area (Å²) in [6, 6.07) is 3.40. The van der Waals surface area contributed by atoms with Gasteiger partial charge >= 0.3 is 6.03 Å². The van der Waals surface area contributed by atoms with Gasteiger partial charge < -0.3 is 10.1 Å². The second-order valence-electron chi connectivity index (χ2n) is 7.18. The SMILES string of the molecule is CC[C@]1(C)NC(=O)N(NC(=O)CN(Cc2cccs2)C[C@@H]2CCCO2)C1=O. The first-order valence-electron chi connectivity index (χ1n) is 9.24. The molecule has 0 aliphatic carbocycles. The molecule has 2 saturated heterocycles. The van der Waals surface area contributed by atoms with E-state index in [1.165, 1.54) is 0 Å². The van der Waals surface area contributed by atoms with Gasteiger partial charge in [0.1, 0.15) is 5.54 Å². The number of amides is 4. The number of nitrogens with one attached hydrogen (secondary N) is 2. The normalized spacial score (nSPS) is 25.3. The Balaban J connectivity index is 1.61. The van der Waals surface area contributed by atoms with E-state index >= 15 is 0 Å². The molecule has 9 heteroatoms. The first-order valence-corrected chi connectivity index (χ1v) is 10.1. The number of ether oxygens (including phenoxy) is 1. The molecule has 0 saturated carbocycles. The highest BCUT2D eigenvalue weighted by atomic mass is 32.1. The zero-order chi connectivity index (χ0) is 19.4. The largest absolute Gasteiger partial charge is 0.377 e. The molecule has 3 heterocycles. The number of rotatable bonds is 8. The van der Waals surface area contributed by atoms with Crippen molar-refractivity contribution in [3.63, 3.8) is 0 Å². The van der Waals surface area contributed by atoms with Crippen LogP contribution in [-0.4, -0.2) is 59.1 Å². The van der Waals surface area contributed by atoms with Gasteiger partial charge in [0.2, 0.25) is 0 Å². The van der Waals surface area contributed by atoms with Gasteiger partial charge in [0.05, 0.1) is 12.6 Å². The number of carbonyl (C=O) groups excluding carboxylic acids is 3. The number of carbonyl (C=O) groups is 3. The molecule has 2 aliphatic rings. The van der Waals surface area contributed by atoms with E-state index in [4.69, 9.17) is 4.74 Å². The summed E-state index contributed by atoms with van der Waals surface area (Å²) in [5.74, 6) is -0.833. The topological polar surface area (TPSA) is 91.0 Å². The fraction of sp³-hybridized carbons (Fsp3) is 0.611. The highest BCUT2D eigenvalue weighted by Crippen LogP contribution is 2.20. The molecular weight excluding hydrogens is 368 g/mol. The molecule has 27 heavy (non-hydrogen) atoms. The number of hydrogen-bond acceptors (Lipinski definition) is 6. The van der Waals surface area contributed by atoms with Crippen LogP contribution < -0.4 is 10.7 Å². The lowest BCUT2D eigenvalue weighted by Crippen LogP contribution is -2.51. The lowest BCUT2D eigenvalue weighted by Gasteiger charge is -2.25. The molecule has 4 amide bonds. The van der Waals surface area contributed by atoms with Gasteiger partial charge in [0, 0.05) is 24.6 Å². The Bertz CT molecular complexity index is 690. The van der Waals surface area contributed by atoms with Gasteiger partial charge in [0.25, 0.3) is 11.8 Å². The van der Waals surface area contributed by atoms with Crippen LogP contribution in [0.15, 0.2) is 17.5 Å². The average molecular weight is 394 g/mol. The molecule has 0 radical (unpaired) electrons. The molecular formula is C18H26N4O4S. The van der Waals surface area contributed by atoms with Crippen molar-refractivity contribution in [2.45, 2.75) is 51.3 Å². The number of urea groups is 1. The quantitative estimate of drug-likeness (QED) is 0.652. The molecule has 1 aromatic heterocycles. The third-order valence-electron chi connectivity index (χ3n) is 5.02. The van der Waals surface area contributed by atoms with E-state index in [0.717, 1.165) is 29.3 Å². The average Bonchev–Trinajstić information content (AvgIpc) is 3.35. The molecule has 2 aliphatic heterocycles. The van der Waals surface area contributed by atoms with Crippen LogP contribution in [0.5, 0.6) is 0 Å². The fourth-order valence-electron chi connectivity index (χ4n) is 3.27. The van der Waals surface area contributed by atoms with E-state index in [1.54, 1.807) is 18.3 Å². The zero-order valence-electron chi connectivity index (χ0n) is 15.7. The van der Waals surface area contributed by atoms with Crippen molar-refractivity contribution in [3.05, 3.63) is 22.4 Å². The fourth-order valence-corrected chi connectivity index (χ4v) is 4.02. The van der Waals surface area contributed by atoms with Gasteiger partial charge in [-0.05, 0) is 37.6 Å². The molecule has 2 fully saturated rings. The smallest absolute Gasteiger partial charge is 0.344 e. The summed E-state index contributed by atoms with van der Waals surface area (Å²) in [4.78, 5) is 40.2. The lowest BCUT2D eigenvalue weighted by atomic mass is 10.00. The first-order chi connectivity index (χ1) is 12.9. The standard InChI is InChI=1S/C18H26N4O4S/c1-3-18(2)16(24)22(17(25)19-18)20-15(23)12-21(10-13-6-4-8-26-13)11-14-7-5-9-27-14/h5,7,9,13H,3-4,6,8,10-12H2,1-2H3,(H,19,25)(H,20,23)/t13-,18-/m0/s1. The molecule has 0 aromatic carbocycles. The Kier molecular flexibility index (Phi) is 6.13. The second kappa shape index (κ2) is 8.37. The van der Waals surface area contributed by atoms with Crippen LogP contribution in [0.3, 0.4) is 0 Å². The maximum Gasteiger partial charge on any atom is 0.344 e. The van der Waals surface area contributed by atoms with Crippen LogP contribution in [-0.2, 0) is 20.9 Å². The van der Waals surface area contributed by atoms with Gasteiger partial charge in [-0.15, -0.1) is 11.3 Å². The molecule has 148 valence electrons. The summed E-state index contributed by atoms with van der Waals surface area (Å²) in [6.07, 6.45) is 2.57. The molecule has 2 atom stereocenters. The summed E-state index contributed by atoms with van der Waals surface area (Å²) in [6.45, 7) is 5.56. The number of nitrogens with zero attached hydrogens (tertiary/aromatic N) is 2. The minimum Gasteiger partial charge on any atom is -0.377 e.